The van der Waals surface area contributed by atoms with E-state index >= 15 is 0 Å². The van der Waals surface area contributed by atoms with Crippen LogP contribution in [0.25, 0.3) is 0 Å². The fourth-order valence-electron chi connectivity index (χ4n) is 1.98. The summed E-state index contributed by atoms with van der Waals surface area (Å²) in [5.41, 5.74) is 8.04. The van der Waals surface area contributed by atoms with Crippen LogP contribution in [0.3, 0.4) is 0 Å². The lowest BCUT2D eigenvalue weighted by atomic mass is 10.00. The van der Waals surface area contributed by atoms with Gasteiger partial charge < -0.3 is 5.73 Å². The Morgan fingerprint density at radius 1 is 1.00 bits per heavy atom. The first kappa shape index (κ1) is 14.3. The Morgan fingerprint density at radius 3 is 2.37 bits per heavy atom. The molecule has 4 heteroatoms. The number of nitrogens with two attached hydrogens (primary N) is 1. The van der Waals surface area contributed by atoms with Crippen LogP contribution in [0.5, 0.6) is 0 Å². The summed E-state index contributed by atoms with van der Waals surface area (Å²) in [5.74, 6) is -0.241. The molecule has 19 heavy (non-hydrogen) atoms. The third-order valence-electron chi connectivity index (χ3n) is 2.90. The van der Waals surface area contributed by atoms with Crippen LogP contribution in [0, 0.1) is 5.82 Å². The van der Waals surface area contributed by atoms with Crippen molar-refractivity contribution in [2.75, 3.05) is 0 Å². The maximum Gasteiger partial charge on any atom is 0.123 e. The lowest BCUT2D eigenvalue weighted by Crippen LogP contribution is -2.25. The van der Waals surface area contributed by atoms with Crippen molar-refractivity contribution in [2.24, 2.45) is 5.73 Å². The van der Waals surface area contributed by atoms with Crippen LogP contribution in [-0.2, 0) is 12.8 Å². The quantitative estimate of drug-likeness (QED) is 0.897. The number of rotatable bonds is 4. The van der Waals surface area contributed by atoms with Crippen molar-refractivity contribution < 1.29 is 4.39 Å². The van der Waals surface area contributed by atoms with Crippen molar-refractivity contribution in [3.05, 3.63) is 69.5 Å². The van der Waals surface area contributed by atoms with E-state index in [0.29, 0.717) is 22.9 Å². The summed E-state index contributed by atoms with van der Waals surface area (Å²) in [7, 11) is 0. The average Bonchev–Trinajstić information content (AvgIpc) is 2.37. The Hall–Kier alpha value is -1.09. The zero-order valence-electron chi connectivity index (χ0n) is 10.2. The normalized spacial score (nSPS) is 12.4. The van der Waals surface area contributed by atoms with Gasteiger partial charge in [-0.3, -0.25) is 0 Å². The minimum Gasteiger partial charge on any atom is -0.327 e. The first-order valence-corrected chi connectivity index (χ1v) is 6.74. The predicted molar refractivity (Wildman–Crippen MR) is 78.2 cm³/mol. The van der Waals surface area contributed by atoms with E-state index in [9.17, 15) is 4.39 Å². The van der Waals surface area contributed by atoms with Gasteiger partial charge in [-0.25, -0.2) is 4.39 Å². The largest absolute Gasteiger partial charge is 0.327 e. The molecule has 0 aliphatic rings. The Morgan fingerprint density at radius 2 is 1.68 bits per heavy atom. The molecular weight excluding hydrogens is 284 g/mol. The highest BCUT2D eigenvalue weighted by Gasteiger charge is 2.09. The van der Waals surface area contributed by atoms with Crippen LogP contribution in [0.4, 0.5) is 4.39 Å². The van der Waals surface area contributed by atoms with Gasteiger partial charge in [0.15, 0.2) is 0 Å². The highest BCUT2D eigenvalue weighted by Crippen LogP contribution is 2.22. The Balaban J connectivity index is 2.02. The van der Waals surface area contributed by atoms with E-state index in [2.05, 4.69) is 0 Å². The van der Waals surface area contributed by atoms with E-state index in [1.54, 1.807) is 24.3 Å². The van der Waals surface area contributed by atoms with E-state index in [1.165, 1.54) is 12.1 Å². The van der Waals surface area contributed by atoms with Crippen molar-refractivity contribution in [1.82, 2.24) is 0 Å². The van der Waals surface area contributed by atoms with Gasteiger partial charge >= 0.3 is 0 Å². The summed E-state index contributed by atoms with van der Waals surface area (Å²) in [6.07, 6.45) is 1.31. The third-order valence-corrected chi connectivity index (χ3v) is 3.50. The zero-order chi connectivity index (χ0) is 13.8. The van der Waals surface area contributed by atoms with Gasteiger partial charge in [-0.15, -0.1) is 0 Å². The Kier molecular flexibility index (Phi) is 4.81. The second kappa shape index (κ2) is 6.38. The molecule has 0 saturated carbocycles. The van der Waals surface area contributed by atoms with Crippen LogP contribution in [0.2, 0.25) is 10.0 Å². The molecular formula is C15H14Cl2FN. The Labute approximate surface area is 122 Å². The molecule has 0 aliphatic heterocycles. The summed E-state index contributed by atoms with van der Waals surface area (Å²) < 4.78 is 12.8. The Bertz CT molecular complexity index is 555. The van der Waals surface area contributed by atoms with Gasteiger partial charge in [0.05, 0.1) is 0 Å². The van der Waals surface area contributed by atoms with Gasteiger partial charge in [0, 0.05) is 16.1 Å². The lowest BCUT2D eigenvalue weighted by molar-refractivity contribution is 0.623. The molecule has 2 rings (SSSR count). The summed E-state index contributed by atoms with van der Waals surface area (Å²) in [5, 5.41) is 1.31. The summed E-state index contributed by atoms with van der Waals surface area (Å²) in [6.45, 7) is 0. The molecule has 1 unspecified atom stereocenters. The lowest BCUT2D eigenvalue weighted by Gasteiger charge is -2.13. The molecule has 2 aromatic carbocycles. The molecule has 0 aliphatic carbocycles. The molecule has 0 radical (unpaired) electrons. The molecule has 0 aromatic heterocycles. The minimum atomic E-state index is -0.241. The first-order valence-electron chi connectivity index (χ1n) is 5.98. The molecule has 0 saturated heterocycles. The molecule has 0 fully saturated rings. The van der Waals surface area contributed by atoms with Crippen LogP contribution in [0.15, 0.2) is 42.5 Å². The molecule has 0 spiro atoms. The molecule has 0 bridgehead atoms. The molecule has 0 heterocycles. The third kappa shape index (κ3) is 4.20. The number of halogens is 3. The van der Waals surface area contributed by atoms with E-state index in [-0.39, 0.29) is 11.9 Å². The summed E-state index contributed by atoms with van der Waals surface area (Å²) in [4.78, 5) is 0. The fraction of sp³-hybridized carbons (Fsp3) is 0.200. The van der Waals surface area contributed by atoms with Gasteiger partial charge in [-0.1, -0.05) is 35.3 Å². The maximum atomic E-state index is 12.8. The smallest absolute Gasteiger partial charge is 0.123 e. The van der Waals surface area contributed by atoms with Crippen molar-refractivity contribution >= 4 is 23.2 Å². The number of hydrogen-bond donors (Lipinski definition) is 1. The van der Waals surface area contributed by atoms with Gasteiger partial charge in [-0.2, -0.15) is 0 Å². The van der Waals surface area contributed by atoms with Gasteiger partial charge in [0.1, 0.15) is 5.82 Å². The maximum absolute atomic E-state index is 12.8. The van der Waals surface area contributed by atoms with Crippen LogP contribution < -0.4 is 5.73 Å². The predicted octanol–water partition coefficient (Wildman–Crippen LogP) is 4.25. The summed E-state index contributed by atoms with van der Waals surface area (Å²) in [6, 6.07) is 11.6. The monoisotopic (exact) mass is 297 g/mol. The molecule has 1 atom stereocenters. The molecule has 0 amide bonds. The van der Waals surface area contributed by atoms with Gasteiger partial charge in [0.25, 0.3) is 0 Å². The summed E-state index contributed by atoms with van der Waals surface area (Å²) >= 11 is 12.0. The average molecular weight is 298 g/mol. The molecule has 2 aromatic rings. The molecule has 100 valence electrons. The van der Waals surface area contributed by atoms with Gasteiger partial charge in [0.2, 0.25) is 0 Å². The number of benzene rings is 2. The zero-order valence-corrected chi connectivity index (χ0v) is 11.8. The SMILES string of the molecule is NC(Cc1ccc(F)cc1)Cc1cc(Cl)ccc1Cl. The molecule has 2 N–H and O–H groups in total. The van der Waals surface area contributed by atoms with Crippen LogP contribution in [0.1, 0.15) is 11.1 Å². The van der Waals surface area contributed by atoms with E-state index < -0.39 is 0 Å². The van der Waals surface area contributed by atoms with Gasteiger partial charge in [-0.05, 0) is 54.3 Å². The van der Waals surface area contributed by atoms with Crippen molar-refractivity contribution in [1.29, 1.82) is 0 Å². The number of hydrogen-bond acceptors (Lipinski definition) is 1. The van der Waals surface area contributed by atoms with Crippen LogP contribution in [-0.4, -0.2) is 6.04 Å². The molecule has 1 nitrogen and oxygen atoms in total. The topological polar surface area (TPSA) is 26.0 Å². The van der Waals surface area contributed by atoms with Crippen LogP contribution >= 0.6 is 23.2 Å². The van der Waals surface area contributed by atoms with E-state index in [1.807, 2.05) is 6.07 Å². The highest BCUT2D eigenvalue weighted by molar-refractivity contribution is 6.33. The van der Waals surface area contributed by atoms with Crippen molar-refractivity contribution in [3.63, 3.8) is 0 Å². The second-order valence-corrected chi connectivity index (χ2v) is 5.37. The minimum absolute atomic E-state index is 0.0820. The fourth-order valence-corrected chi connectivity index (χ4v) is 2.37. The standard InChI is InChI=1S/C15H14Cl2FN/c16-12-3-6-15(17)11(8-12)9-14(19)7-10-1-4-13(18)5-2-10/h1-6,8,14H,7,9,19H2. The van der Waals surface area contributed by atoms with E-state index in [0.717, 1.165) is 11.1 Å². The van der Waals surface area contributed by atoms with E-state index in [4.69, 9.17) is 28.9 Å². The highest BCUT2D eigenvalue weighted by atomic mass is 35.5. The second-order valence-electron chi connectivity index (χ2n) is 4.53. The van der Waals surface area contributed by atoms with Crippen molar-refractivity contribution in [3.8, 4) is 0 Å². The first-order chi connectivity index (χ1) is 9.04. The van der Waals surface area contributed by atoms with Crippen molar-refractivity contribution in [2.45, 2.75) is 18.9 Å².